The number of halogens is 1. The van der Waals surface area contributed by atoms with E-state index in [4.69, 9.17) is 0 Å². The fourth-order valence-electron chi connectivity index (χ4n) is 2.46. The molecule has 0 fully saturated rings. The first kappa shape index (κ1) is 13.8. The van der Waals surface area contributed by atoms with Gasteiger partial charge in [-0.05, 0) is 47.1 Å². The second-order valence-corrected chi connectivity index (χ2v) is 5.57. The quantitative estimate of drug-likeness (QED) is 0.862. The normalized spacial score (nSPS) is 13.0. The predicted molar refractivity (Wildman–Crippen MR) is 86.2 cm³/mol. The molecule has 3 rings (SSSR count). The number of carbonyl (C=O) groups is 2. The lowest BCUT2D eigenvalue weighted by Crippen LogP contribution is -2.16. The van der Waals surface area contributed by atoms with Gasteiger partial charge in [-0.25, -0.2) is 0 Å². The number of benzene rings is 2. The minimum atomic E-state index is -0.572. The van der Waals surface area contributed by atoms with Crippen LogP contribution < -0.4 is 10.2 Å². The van der Waals surface area contributed by atoms with Crippen LogP contribution in [0.15, 0.2) is 46.9 Å². The summed E-state index contributed by atoms with van der Waals surface area (Å²) in [6.07, 6.45) is 0. The molecule has 4 nitrogen and oxygen atoms in total. The molecule has 2 aromatic rings. The molecule has 0 aliphatic carbocycles. The monoisotopic (exact) mass is 344 g/mol. The largest absolute Gasteiger partial charge is 0.341 e. The maximum Gasteiger partial charge on any atom is 0.296 e. The van der Waals surface area contributed by atoms with E-state index in [2.05, 4.69) is 33.1 Å². The van der Waals surface area contributed by atoms with Crippen LogP contribution in [0.4, 0.5) is 17.1 Å². The standard InChI is InChI=1S/C16H13BrN2O2/c1-2-19(10-6-4-3-5-7-10)14-9-13-11(8-12(14)17)15(20)16(21)18-13/h3-9H,2H2,1H3,(H,18,20,21). The van der Waals surface area contributed by atoms with Gasteiger partial charge in [0.2, 0.25) is 0 Å². The van der Waals surface area contributed by atoms with Crippen LogP contribution in [-0.2, 0) is 4.79 Å². The number of fused-ring (bicyclic) bond motifs is 1. The molecule has 0 spiro atoms. The summed E-state index contributed by atoms with van der Waals surface area (Å²) in [5.74, 6) is -1.06. The van der Waals surface area contributed by atoms with E-state index in [9.17, 15) is 9.59 Å². The van der Waals surface area contributed by atoms with Crippen molar-refractivity contribution in [1.29, 1.82) is 0 Å². The van der Waals surface area contributed by atoms with Gasteiger partial charge in [-0.1, -0.05) is 18.2 Å². The molecule has 0 saturated carbocycles. The number of nitrogens with zero attached hydrogens (tertiary/aromatic N) is 1. The zero-order valence-electron chi connectivity index (χ0n) is 11.4. The van der Waals surface area contributed by atoms with E-state index in [1.54, 1.807) is 6.07 Å². The van der Waals surface area contributed by atoms with Crippen LogP contribution in [0.5, 0.6) is 0 Å². The van der Waals surface area contributed by atoms with E-state index < -0.39 is 11.7 Å². The van der Waals surface area contributed by atoms with E-state index in [0.29, 0.717) is 11.3 Å². The Labute approximate surface area is 130 Å². The molecule has 0 atom stereocenters. The topological polar surface area (TPSA) is 49.4 Å². The Morgan fingerprint density at radius 1 is 1.14 bits per heavy atom. The van der Waals surface area contributed by atoms with Gasteiger partial charge in [0.25, 0.3) is 11.7 Å². The van der Waals surface area contributed by atoms with E-state index in [1.165, 1.54) is 0 Å². The number of anilines is 3. The van der Waals surface area contributed by atoms with E-state index in [0.717, 1.165) is 22.4 Å². The summed E-state index contributed by atoms with van der Waals surface area (Å²) in [6, 6.07) is 13.5. The van der Waals surface area contributed by atoms with Crippen molar-refractivity contribution in [3.63, 3.8) is 0 Å². The molecule has 0 bridgehead atoms. The molecular weight excluding hydrogens is 332 g/mol. The van der Waals surface area contributed by atoms with Gasteiger partial charge in [0.15, 0.2) is 0 Å². The average Bonchev–Trinajstić information content (AvgIpc) is 2.76. The van der Waals surface area contributed by atoms with Gasteiger partial charge in [0.1, 0.15) is 0 Å². The third-order valence-corrected chi connectivity index (χ3v) is 4.10. The van der Waals surface area contributed by atoms with Crippen LogP contribution in [0.3, 0.4) is 0 Å². The van der Waals surface area contributed by atoms with Crippen molar-refractivity contribution < 1.29 is 9.59 Å². The van der Waals surface area contributed by atoms with Crippen molar-refractivity contribution in [2.24, 2.45) is 0 Å². The van der Waals surface area contributed by atoms with Gasteiger partial charge in [-0.2, -0.15) is 0 Å². The smallest absolute Gasteiger partial charge is 0.296 e. The van der Waals surface area contributed by atoms with Crippen LogP contribution in [0, 0.1) is 0 Å². The maximum atomic E-state index is 11.7. The highest BCUT2D eigenvalue weighted by Gasteiger charge is 2.29. The van der Waals surface area contributed by atoms with Crippen molar-refractivity contribution in [1.82, 2.24) is 0 Å². The number of hydrogen-bond donors (Lipinski definition) is 1. The van der Waals surface area contributed by atoms with Crippen LogP contribution >= 0.6 is 15.9 Å². The average molecular weight is 345 g/mol. The minimum absolute atomic E-state index is 0.416. The molecule has 0 saturated heterocycles. The predicted octanol–water partition coefficient (Wildman–Crippen LogP) is 3.74. The Hall–Kier alpha value is -2.14. The Balaban J connectivity index is 2.09. The lowest BCUT2D eigenvalue weighted by atomic mass is 10.1. The molecule has 21 heavy (non-hydrogen) atoms. The van der Waals surface area contributed by atoms with Gasteiger partial charge in [-0.15, -0.1) is 0 Å². The summed E-state index contributed by atoms with van der Waals surface area (Å²) in [5.41, 5.74) is 2.95. The molecule has 1 N–H and O–H groups in total. The Morgan fingerprint density at radius 3 is 2.52 bits per heavy atom. The van der Waals surface area contributed by atoms with Crippen molar-refractivity contribution in [3.8, 4) is 0 Å². The highest BCUT2D eigenvalue weighted by atomic mass is 79.9. The van der Waals surface area contributed by atoms with Crippen molar-refractivity contribution >= 4 is 44.7 Å². The molecule has 106 valence electrons. The minimum Gasteiger partial charge on any atom is -0.341 e. The van der Waals surface area contributed by atoms with E-state index in [-0.39, 0.29) is 0 Å². The lowest BCUT2D eigenvalue weighted by Gasteiger charge is -2.25. The first-order valence-electron chi connectivity index (χ1n) is 6.63. The second-order valence-electron chi connectivity index (χ2n) is 4.71. The summed E-state index contributed by atoms with van der Waals surface area (Å²) in [7, 11) is 0. The molecule has 0 unspecified atom stereocenters. The molecule has 1 aliphatic heterocycles. The zero-order chi connectivity index (χ0) is 15.0. The Bertz CT molecular complexity index is 729. The molecule has 5 heteroatoms. The SMILES string of the molecule is CCN(c1ccccc1)c1cc2c(cc1Br)C(=O)C(=O)N2. The van der Waals surface area contributed by atoms with Crippen molar-refractivity contribution in [2.75, 3.05) is 16.8 Å². The Kier molecular flexibility index (Phi) is 3.51. The van der Waals surface area contributed by atoms with Gasteiger partial charge >= 0.3 is 0 Å². The number of para-hydroxylation sites is 1. The van der Waals surface area contributed by atoms with Gasteiger partial charge in [0.05, 0.1) is 16.9 Å². The second kappa shape index (κ2) is 5.33. The molecular formula is C16H13BrN2O2. The number of hydrogen-bond acceptors (Lipinski definition) is 3. The number of Topliss-reactive ketones (excluding diaryl/α,β-unsaturated/α-hetero) is 1. The van der Waals surface area contributed by atoms with Gasteiger partial charge in [0, 0.05) is 16.7 Å². The molecule has 1 amide bonds. The van der Waals surface area contributed by atoms with Gasteiger partial charge < -0.3 is 10.2 Å². The van der Waals surface area contributed by atoms with Crippen LogP contribution in [0.1, 0.15) is 17.3 Å². The summed E-state index contributed by atoms with van der Waals surface area (Å²) >= 11 is 3.50. The lowest BCUT2D eigenvalue weighted by molar-refractivity contribution is -0.112. The molecule has 1 heterocycles. The maximum absolute atomic E-state index is 11.7. The van der Waals surface area contributed by atoms with Crippen LogP contribution in [-0.4, -0.2) is 18.2 Å². The summed E-state index contributed by atoms with van der Waals surface area (Å²) < 4.78 is 0.789. The number of ketones is 1. The first-order chi connectivity index (χ1) is 10.1. The molecule has 0 aromatic heterocycles. The third-order valence-electron chi connectivity index (χ3n) is 3.46. The molecule has 2 aromatic carbocycles. The fourth-order valence-corrected chi connectivity index (χ4v) is 3.02. The van der Waals surface area contributed by atoms with Crippen LogP contribution in [0.25, 0.3) is 0 Å². The summed E-state index contributed by atoms with van der Waals surface area (Å²) in [6.45, 7) is 2.82. The van der Waals surface area contributed by atoms with Gasteiger partial charge in [-0.3, -0.25) is 9.59 Å². The van der Waals surface area contributed by atoms with Crippen molar-refractivity contribution in [3.05, 3.63) is 52.5 Å². The Morgan fingerprint density at radius 2 is 1.86 bits per heavy atom. The van der Waals surface area contributed by atoms with E-state index >= 15 is 0 Å². The first-order valence-corrected chi connectivity index (χ1v) is 7.43. The zero-order valence-corrected chi connectivity index (χ0v) is 13.0. The third kappa shape index (κ3) is 2.34. The highest BCUT2D eigenvalue weighted by molar-refractivity contribution is 9.10. The fraction of sp³-hybridized carbons (Fsp3) is 0.125. The molecule has 0 radical (unpaired) electrons. The number of nitrogens with one attached hydrogen (secondary N) is 1. The molecule has 1 aliphatic rings. The number of carbonyl (C=O) groups excluding carboxylic acids is 2. The number of rotatable bonds is 3. The summed E-state index contributed by atoms with van der Waals surface area (Å²) in [5, 5.41) is 2.61. The summed E-state index contributed by atoms with van der Waals surface area (Å²) in [4.78, 5) is 25.3. The van der Waals surface area contributed by atoms with Crippen molar-refractivity contribution in [2.45, 2.75) is 6.92 Å². The highest BCUT2D eigenvalue weighted by Crippen LogP contribution is 2.38. The van der Waals surface area contributed by atoms with Crippen LogP contribution in [0.2, 0.25) is 0 Å². The van der Waals surface area contributed by atoms with E-state index in [1.807, 2.05) is 36.4 Å². The number of amides is 1.